The number of aliphatic imine (C=N–C) groups is 1. The average Bonchev–Trinajstić information content (AvgIpc) is 2.70. The Bertz CT molecular complexity index is 392. The standard InChI is InChI=1S/C12H15ClN2O/c13-11-4-2-1-3-9(11)7-10-8-16-12(15-10)5-6-14/h1-4,10H,5-8,14H2. The van der Waals surface area contributed by atoms with E-state index in [1.807, 2.05) is 24.3 Å². The van der Waals surface area contributed by atoms with Crippen molar-refractivity contribution in [2.45, 2.75) is 18.9 Å². The lowest BCUT2D eigenvalue weighted by Gasteiger charge is -2.06. The summed E-state index contributed by atoms with van der Waals surface area (Å²) in [5.74, 6) is 0.777. The van der Waals surface area contributed by atoms with Gasteiger partial charge in [-0.15, -0.1) is 0 Å². The van der Waals surface area contributed by atoms with Crippen LogP contribution in [0.1, 0.15) is 12.0 Å². The number of halogens is 1. The van der Waals surface area contributed by atoms with Crippen LogP contribution in [0.15, 0.2) is 29.3 Å². The van der Waals surface area contributed by atoms with E-state index in [9.17, 15) is 0 Å². The first-order valence-electron chi connectivity index (χ1n) is 5.42. The second kappa shape index (κ2) is 5.32. The molecule has 2 N–H and O–H groups in total. The number of nitrogens with zero attached hydrogens (tertiary/aromatic N) is 1. The molecule has 1 aromatic rings. The van der Waals surface area contributed by atoms with Crippen molar-refractivity contribution in [2.75, 3.05) is 13.2 Å². The predicted molar refractivity (Wildman–Crippen MR) is 66.0 cm³/mol. The average molecular weight is 239 g/mol. The minimum Gasteiger partial charge on any atom is -0.479 e. The molecule has 3 nitrogen and oxygen atoms in total. The molecule has 86 valence electrons. The monoisotopic (exact) mass is 238 g/mol. The number of nitrogens with two attached hydrogens (primary N) is 1. The van der Waals surface area contributed by atoms with Gasteiger partial charge < -0.3 is 10.5 Å². The van der Waals surface area contributed by atoms with Crippen LogP contribution in [0.25, 0.3) is 0 Å². The third-order valence-corrected chi connectivity index (χ3v) is 2.91. The molecule has 0 aliphatic carbocycles. The van der Waals surface area contributed by atoms with Crippen LogP contribution in [0.3, 0.4) is 0 Å². The zero-order valence-electron chi connectivity index (χ0n) is 9.03. The summed E-state index contributed by atoms with van der Waals surface area (Å²) in [6.45, 7) is 1.22. The van der Waals surface area contributed by atoms with Gasteiger partial charge in [0.2, 0.25) is 0 Å². The summed E-state index contributed by atoms with van der Waals surface area (Å²) < 4.78 is 5.44. The summed E-state index contributed by atoms with van der Waals surface area (Å²) >= 11 is 6.09. The smallest absolute Gasteiger partial charge is 0.184 e. The van der Waals surface area contributed by atoms with Crippen molar-refractivity contribution in [3.63, 3.8) is 0 Å². The third-order valence-electron chi connectivity index (χ3n) is 2.54. The Balaban J connectivity index is 1.99. The second-order valence-electron chi connectivity index (χ2n) is 3.82. The molecule has 1 aliphatic rings. The molecule has 1 aliphatic heterocycles. The summed E-state index contributed by atoms with van der Waals surface area (Å²) in [7, 11) is 0. The van der Waals surface area contributed by atoms with Crippen molar-refractivity contribution < 1.29 is 4.74 Å². The van der Waals surface area contributed by atoms with Crippen molar-refractivity contribution in [1.29, 1.82) is 0 Å². The molecule has 1 aromatic carbocycles. The van der Waals surface area contributed by atoms with E-state index in [2.05, 4.69) is 4.99 Å². The van der Waals surface area contributed by atoms with Gasteiger partial charge in [-0.3, -0.25) is 0 Å². The van der Waals surface area contributed by atoms with Crippen LogP contribution in [0.2, 0.25) is 5.02 Å². The van der Waals surface area contributed by atoms with Crippen molar-refractivity contribution in [3.8, 4) is 0 Å². The van der Waals surface area contributed by atoms with Crippen LogP contribution >= 0.6 is 11.6 Å². The molecule has 2 rings (SSSR count). The van der Waals surface area contributed by atoms with Gasteiger partial charge in [-0.1, -0.05) is 29.8 Å². The van der Waals surface area contributed by atoms with E-state index in [0.717, 1.165) is 29.3 Å². The molecule has 0 aromatic heterocycles. The van der Waals surface area contributed by atoms with Crippen LogP contribution in [0, 0.1) is 0 Å². The van der Waals surface area contributed by atoms with Crippen LogP contribution in [-0.4, -0.2) is 25.1 Å². The highest BCUT2D eigenvalue weighted by atomic mass is 35.5. The normalized spacial score (nSPS) is 19.4. The maximum atomic E-state index is 6.09. The number of ether oxygens (including phenoxy) is 1. The maximum absolute atomic E-state index is 6.09. The molecule has 0 fully saturated rings. The minimum atomic E-state index is 0.182. The minimum absolute atomic E-state index is 0.182. The summed E-state index contributed by atoms with van der Waals surface area (Å²) in [5, 5.41) is 0.796. The molecule has 0 saturated heterocycles. The molecule has 0 radical (unpaired) electrons. The SMILES string of the molecule is NCCC1=NC(Cc2ccccc2Cl)CO1. The van der Waals surface area contributed by atoms with Gasteiger partial charge in [-0.25, -0.2) is 4.99 Å². The second-order valence-corrected chi connectivity index (χ2v) is 4.23. The van der Waals surface area contributed by atoms with Gasteiger partial charge in [0.15, 0.2) is 5.90 Å². The Labute approximate surface area is 100 Å². The third kappa shape index (κ3) is 2.74. The van der Waals surface area contributed by atoms with Crippen LogP contribution in [0.5, 0.6) is 0 Å². The van der Waals surface area contributed by atoms with E-state index in [1.165, 1.54) is 0 Å². The van der Waals surface area contributed by atoms with E-state index in [-0.39, 0.29) is 6.04 Å². The van der Waals surface area contributed by atoms with E-state index in [4.69, 9.17) is 22.1 Å². The van der Waals surface area contributed by atoms with E-state index in [1.54, 1.807) is 0 Å². The Morgan fingerprint density at radius 3 is 3.00 bits per heavy atom. The number of hydrogen-bond acceptors (Lipinski definition) is 3. The zero-order valence-corrected chi connectivity index (χ0v) is 9.78. The predicted octanol–water partition coefficient (Wildman–Crippen LogP) is 2.03. The molecule has 0 bridgehead atoms. The molecule has 0 amide bonds. The van der Waals surface area contributed by atoms with Crippen molar-refractivity contribution >= 4 is 17.5 Å². The molecule has 1 atom stereocenters. The van der Waals surface area contributed by atoms with Gasteiger partial charge in [-0.05, 0) is 18.1 Å². The van der Waals surface area contributed by atoms with Gasteiger partial charge in [0.05, 0.1) is 6.04 Å². The molecular formula is C12H15ClN2O. The van der Waals surface area contributed by atoms with Gasteiger partial charge >= 0.3 is 0 Å². The summed E-state index contributed by atoms with van der Waals surface area (Å²) in [4.78, 5) is 4.47. The highest BCUT2D eigenvalue weighted by Crippen LogP contribution is 2.19. The van der Waals surface area contributed by atoms with Crippen LogP contribution in [0.4, 0.5) is 0 Å². The van der Waals surface area contributed by atoms with Crippen molar-refractivity contribution in [1.82, 2.24) is 0 Å². The molecule has 1 heterocycles. The quantitative estimate of drug-likeness (QED) is 0.873. The number of benzene rings is 1. The first-order chi connectivity index (χ1) is 7.79. The largest absolute Gasteiger partial charge is 0.479 e. The lowest BCUT2D eigenvalue weighted by atomic mass is 10.1. The number of hydrogen-bond donors (Lipinski definition) is 1. The fourth-order valence-corrected chi connectivity index (χ4v) is 1.97. The van der Waals surface area contributed by atoms with E-state index < -0.39 is 0 Å². The summed E-state index contributed by atoms with van der Waals surface area (Å²) in [6, 6.07) is 8.03. The van der Waals surface area contributed by atoms with Crippen LogP contribution < -0.4 is 5.73 Å². The number of rotatable bonds is 4. The lowest BCUT2D eigenvalue weighted by Crippen LogP contribution is -2.10. The Hall–Kier alpha value is -1.06. The summed E-state index contributed by atoms with van der Waals surface area (Å²) in [6.07, 6.45) is 1.55. The molecule has 16 heavy (non-hydrogen) atoms. The van der Waals surface area contributed by atoms with E-state index in [0.29, 0.717) is 13.2 Å². The molecule has 1 unspecified atom stereocenters. The first-order valence-corrected chi connectivity index (χ1v) is 5.80. The Morgan fingerprint density at radius 2 is 2.25 bits per heavy atom. The molecule has 0 spiro atoms. The van der Waals surface area contributed by atoms with Crippen molar-refractivity contribution in [2.24, 2.45) is 10.7 Å². The Morgan fingerprint density at radius 1 is 1.44 bits per heavy atom. The molecular weight excluding hydrogens is 224 g/mol. The summed E-state index contributed by atoms with van der Waals surface area (Å²) in [5.41, 5.74) is 6.57. The van der Waals surface area contributed by atoms with E-state index >= 15 is 0 Å². The van der Waals surface area contributed by atoms with Gasteiger partial charge in [0.1, 0.15) is 6.61 Å². The van der Waals surface area contributed by atoms with Gasteiger partial charge in [-0.2, -0.15) is 0 Å². The molecule has 4 heteroatoms. The lowest BCUT2D eigenvalue weighted by molar-refractivity contribution is 0.309. The highest BCUT2D eigenvalue weighted by Gasteiger charge is 2.19. The first kappa shape index (κ1) is 11.4. The van der Waals surface area contributed by atoms with Crippen LogP contribution in [-0.2, 0) is 11.2 Å². The fourth-order valence-electron chi connectivity index (χ4n) is 1.75. The Kier molecular flexibility index (Phi) is 3.80. The zero-order chi connectivity index (χ0) is 11.4. The van der Waals surface area contributed by atoms with Crippen molar-refractivity contribution in [3.05, 3.63) is 34.9 Å². The fraction of sp³-hybridized carbons (Fsp3) is 0.417. The molecule has 0 saturated carbocycles. The van der Waals surface area contributed by atoms with Gasteiger partial charge in [0, 0.05) is 18.0 Å². The highest BCUT2D eigenvalue weighted by molar-refractivity contribution is 6.31. The maximum Gasteiger partial charge on any atom is 0.184 e. The topological polar surface area (TPSA) is 47.6 Å². The van der Waals surface area contributed by atoms with Gasteiger partial charge in [0.25, 0.3) is 0 Å².